The Morgan fingerprint density at radius 3 is 1.91 bits per heavy atom. The van der Waals surface area contributed by atoms with Gasteiger partial charge in [-0.2, -0.15) is 0 Å². The van der Waals surface area contributed by atoms with Gasteiger partial charge in [-0.1, -0.05) is 36.4 Å². The van der Waals surface area contributed by atoms with Crippen molar-refractivity contribution in [2.45, 2.75) is 0 Å². The van der Waals surface area contributed by atoms with Gasteiger partial charge in [0.1, 0.15) is 17.5 Å². The Labute approximate surface area is 187 Å². The van der Waals surface area contributed by atoms with Crippen molar-refractivity contribution < 1.29 is 8.78 Å². The van der Waals surface area contributed by atoms with Crippen LogP contribution in [0.2, 0.25) is 0 Å². The van der Waals surface area contributed by atoms with Gasteiger partial charge in [0.2, 0.25) is 0 Å². The minimum atomic E-state index is -0.382. The molecule has 3 heterocycles. The smallest absolute Gasteiger partial charge is 0.162 e. The van der Waals surface area contributed by atoms with E-state index in [4.69, 9.17) is 9.97 Å². The zero-order valence-electron chi connectivity index (χ0n) is 17.3. The predicted octanol–water partition coefficient (Wildman–Crippen LogP) is 6.58. The summed E-state index contributed by atoms with van der Waals surface area (Å²) in [4.78, 5) is 14.1. The van der Waals surface area contributed by atoms with Crippen molar-refractivity contribution in [3.8, 4) is 28.6 Å². The molecular weight excluding hydrogens is 418 g/mol. The number of nitrogens with zero attached hydrogens (tertiary/aromatic N) is 4. The number of hydrogen-bond acceptors (Lipinski definition) is 3. The van der Waals surface area contributed by atoms with Crippen molar-refractivity contribution in [1.29, 1.82) is 0 Å². The molecule has 0 aliphatic heterocycles. The van der Waals surface area contributed by atoms with Crippen LogP contribution in [0.1, 0.15) is 0 Å². The minimum Gasteiger partial charge on any atom is -0.294 e. The summed E-state index contributed by atoms with van der Waals surface area (Å²) in [6.07, 6.45) is 1.71. The summed E-state index contributed by atoms with van der Waals surface area (Å²) in [6.45, 7) is 0. The predicted molar refractivity (Wildman–Crippen MR) is 125 cm³/mol. The molecule has 0 saturated heterocycles. The van der Waals surface area contributed by atoms with E-state index in [9.17, 15) is 8.78 Å². The first-order valence-electron chi connectivity index (χ1n) is 10.4. The molecule has 0 aliphatic rings. The van der Waals surface area contributed by atoms with Gasteiger partial charge in [0.15, 0.2) is 5.82 Å². The highest BCUT2D eigenvalue weighted by Crippen LogP contribution is 2.34. The molecule has 3 aromatic heterocycles. The lowest BCUT2D eigenvalue weighted by atomic mass is 10.1. The van der Waals surface area contributed by atoms with Gasteiger partial charge in [-0.25, -0.2) is 18.7 Å². The molecule has 0 spiro atoms. The summed E-state index contributed by atoms with van der Waals surface area (Å²) in [5, 5.41) is 1.23. The monoisotopic (exact) mass is 434 g/mol. The SMILES string of the molecule is Fc1ccc2c(c1)c1cc(F)ccc1n2-c1cc(-c2ccccn2)nc(-c2ccccc2)n1. The molecule has 3 aromatic carbocycles. The van der Waals surface area contributed by atoms with Gasteiger partial charge >= 0.3 is 0 Å². The Balaban J connectivity index is 1.70. The van der Waals surface area contributed by atoms with Crippen molar-refractivity contribution in [3.63, 3.8) is 0 Å². The maximum absolute atomic E-state index is 14.1. The van der Waals surface area contributed by atoms with Gasteiger partial charge in [0.25, 0.3) is 0 Å². The zero-order valence-corrected chi connectivity index (χ0v) is 17.3. The van der Waals surface area contributed by atoms with E-state index >= 15 is 0 Å². The number of halogens is 2. The average Bonchev–Trinajstić information content (AvgIpc) is 3.17. The molecule has 0 fully saturated rings. The van der Waals surface area contributed by atoms with E-state index in [1.807, 2.05) is 59.2 Å². The molecule has 158 valence electrons. The van der Waals surface area contributed by atoms with Crippen LogP contribution in [0.15, 0.2) is 97.2 Å². The third-order valence-electron chi connectivity index (χ3n) is 5.59. The molecule has 4 nitrogen and oxygen atoms in total. The maximum atomic E-state index is 14.1. The first kappa shape index (κ1) is 19.3. The van der Waals surface area contributed by atoms with Crippen molar-refractivity contribution >= 4 is 21.8 Å². The fraction of sp³-hybridized carbons (Fsp3) is 0. The van der Waals surface area contributed by atoms with E-state index in [1.54, 1.807) is 18.3 Å². The van der Waals surface area contributed by atoms with Gasteiger partial charge in [0, 0.05) is 28.6 Å². The molecule has 0 unspecified atom stereocenters. The normalized spacial score (nSPS) is 11.3. The van der Waals surface area contributed by atoms with Crippen molar-refractivity contribution in [2.75, 3.05) is 0 Å². The van der Waals surface area contributed by atoms with Crippen LogP contribution >= 0.6 is 0 Å². The molecule has 33 heavy (non-hydrogen) atoms. The van der Waals surface area contributed by atoms with Crippen LogP contribution < -0.4 is 0 Å². The van der Waals surface area contributed by atoms with E-state index in [1.165, 1.54) is 24.3 Å². The van der Waals surface area contributed by atoms with Gasteiger partial charge in [-0.3, -0.25) is 9.55 Å². The van der Waals surface area contributed by atoms with Crippen LogP contribution in [0.4, 0.5) is 8.78 Å². The van der Waals surface area contributed by atoms with Gasteiger partial charge in [-0.05, 0) is 48.5 Å². The van der Waals surface area contributed by atoms with Crippen LogP contribution in [0, 0.1) is 11.6 Å². The second kappa shape index (κ2) is 7.60. The molecular formula is C27H16F2N4. The lowest BCUT2D eigenvalue weighted by molar-refractivity contribution is 0.628. The van der Waals surface area contributed by atoms with E-state index in [-0.39, 0.29) is 11.6 Å². The Morgan fingerprint density at radius 1 is 0.606 bits per heavy atom. The molecule has 6 aromatic rings. The molecule has 0 N–H and O–H groups in total. The fourth-order valence-electron chi connectivity index (χ4n) is 4.13. The second-order valence-electron chi connectivity index (χ2n) is 7.67. The van der Waals surface area contributed by atoms with E-state index in [0.29, 0.717) is 33.8 Å². The molecule has 0 aliphatic carbocycles. The van der Waals surface area contributed by atoms with Crippen molar-refractivity contribution in [1.82, 2.24) is 19.5 Å². The van der Waals surface area contributed by atoms with Crippen LogP contribution in [-0.2, 0) is 0 Å². The topological polar surface area (TPSA) is 43.6 Å². The quantitative estimate of drug-likeness (QED) is 0.316. The lowest BCUT2D eigenvalue weighted by Gasteiger charge is -2.11. The zero-order chi connectivity index (χ0) is 22.4. The highest BCUT2D eigenvalue weighted by molar-refractivity contribution is 6.09. The summed E-state index contributed by atoms with van der Waals surface area (Å²) in [7, 11) is 0. The van der Waals surface area contributed by atoms with Gasteiger partial charge in [-0.15, -0.1) is 0 Å². The molecule has 0 radical (unpaired) electrons. The van der Waals surface area contributed by atoms with Crippen LogP contribution in [-0.4, -0.2) is 19.5 Å². The van der Waals surface area contributed by atoms with E-state index in [2.05, 4.69) is 4.98 Å². The largest absolute Gasteiger partial charge is 0.294 e. The second-order valence-corrected chi connectivity index (χ2v) is 7.67. The molecule has 0 saturated carbocycles. The van der Waals surface area contributed by atoms with Crippen LogP contribution in [0.25, 0.3) is 50.4 Å². The number of fused-ring (bicyclic) bond motifs is 3. The fourth-order valence-corrected chi connectivity index (χ4v) is 4.13. The highest BCUT2D eigenvalue weighted by atomic mass is 19.1. The Hall–Kier alpha value is -4.45. The Morgan fingerprint density at radius 2 is 1.27 bits per heavy atom. The van der Waals surface area contributed by atoms with Crippen molar-refractivity contribution in [3.05, 3.63) is 109 Å². The maximum Gasteiger partial charge on any atom is 0.162 e. The number of rotatable bonds is 3. The van der Waals surface area contributed by atoms with E-state index in [0.717, 1.165) is 16.6 Å². The summed E-state index contributed by atoms with van der Waals surface area (Å²) in [5.74, 6) is 0.357. The molecule has 0 bridgehead atoms. The first-order valence-corrected chi connectivity index (χ1v) is 10.4. The highest BCUT2D eigenvalue weighted by Gasteiger charge is 2.17. The lowest BCUT2D eigenvalue weighted by Crippen LogP contribution is -2.03. The Kier molecular flexibility index (Phi) is 4.43. The van der Waals surface area contributed by atoms with Crippen LogP contribution in [0.5, 0.6) is 0 Å². The summed E-state index contributed by atoms with van der Waals surface area (Å²) >= 11 is 0. The van der Waals surface area contributed by atoms with Gasteiger partial charge in [0.05, 0.1) is 22.4 Å². The number of hydrogen-bond donors (Lipinski definition) is 0. The number of aromatic nitrogens is 4. The van der Waals surface area contributed by atoms with E-state index < -0.39 is 0 Å². The summed E-state index contributed by atoms with van der Waals surface area (Å²) in [6, 6.07) is 26.2. The molecule has 6 heteroatoms. The Bertz CT molecular complexity index is 1510. The number of benzene rings is 3. The average molecular weight is 434 g/mol. The van der Waals surface area contributed by atoms with Gasteiger partial charge < -0.3 is 0 Å². The summed E-state index contributed by atoms with van der Waals surface area (Å²) < 4.78 is 30.1. The standard InChI is InChI=1S/C27H16F2N4/c28-18-9-11-24-20(14-18)21-15-19(29)10-12-25(21)33(24)26-16-23(22-8-4-5-13-30-22)31-27(32-26)17-6-2-1-3-7-17/h1-16H. The molecule has 6 rings (SSSR count). The minimum absolute atomic E-state index is 0.382. The first-order chi connectivity index (χ1) is 16.2. The van der Waals surface area contributed by atoms with Crippen molar-refractivity contribution in [2.24, 2.45) is 0 Å². The third-order valence-corrected chi connectivity index (χ3v) is 5.59. The molecule has 0 atom stereocenters. The third kappa shape index (κ3) is 3.32. The molecule has 0 amide bonds. The summed E-state index contributed by atoms with van der Waals surface area (Å²) in [5.41, 5.74) is 3.66. The van der Waals surface area contributed by atoms with Crippen LogP contribution in [0.3, 0.4) is 0 Å². The number of pyridine rings is 1.